The van der Waals surface area contributed by atoms with Gasteiger partial charge in [-0.2, -0.15) is 0 Å². The molecule has 0 amide bonds. The van der Waals surface area contributed by atoms with Gasteiger partial charge in [0.15, 0.2) is 6.61 Å². The van der Waals surface area contributed by atoms with Crippen LogP contribution in [0.15, 0.2) is 49.6 Å². The third-order valence-electron chi connectivity index (χ3n) is 3.19. The van der Waals surface area contributed by atoms with Gasteiger partial charge in [0.25, 0.3) is 0 Å². The van der Waals surface area contributed by atoms with Crippen molar-refractivity contribution in [2.45, 2.75) is 13.8 Å². The largest absolute Gasteiger partial charge is 0.494 e. The van der Waals surface area contributed by atoms with Gasteiger partial charge < -0.3 is 14.0 Å². The maximum Gasteiger partial charge on any atom is 0.332 e. The second-order valence-corrected chi connectivity index (χ2v) is 7.36. The van der Waals surface area contributed by atoms with Crippen molar-refractivity contribution in [3.05, 3.63) is 49.6 Å². The van der Waals surface area contributed by atoms with Crippen LogP contribution in [-0.4, -0.2) is 43.5 Å². The van der Waals surface area contributed by atoms with Gasteiger partial charge >= 0.3 is 13.5 Å². The summed E-state index contributed by atoms with van der Waals surface area (Å²) in [6.45, 7) is 12.0. The van der Waals surface area contributed by atoms with Crippen molar-refractivity contribution in [1.29, 1.82) is 0 Å². The van der Waals surface area contributed by atoms with Crippen molar-refractivity contribution >= 4 is 18.8 Å². The highest BCUT2D eigenvalue weighted by atomic mass is 31.2. The first-order chi connectivity index (χ1) is 12.0. The van der Waals surface area contributed by atoms with Crippen molar-refractivity contribution < 1.29 is 23.4 Å². The van der Waals surface area contributed by atoms with Crippen molar-refractivity contribution in [1.82, 2.24) is 4.67 Å². The zero-order chi connectivity index (χ0) is 18.7. The van der Waals surface area contributed by atoms with Gasteiger partial charge in [-0.05, 0) is 38.1 Å². The quantitative estimate of drug-likeness (QED) is 0.321. The van der Waals surface area contributed by atoms with Crippen LogP contribution in [-0.2, 0) is 18.6 Å². The first-order valence-corrected chi connectivity index (χ1v) is 9.70. The molecule has 0 aromatic heterocycles. The Hall–Kier alpha value is -1.88. The molecule has 0 heterocycles. The van der Waals surface area contributed by atoms with Gasteiger partial charge in [-0.3, -0.25) is 4.57 Å². The Bertz CT molecular complexity index is 604. The molecule has 25 heavy (non-hydrogen) atoms. The van der Waals surface area contributed by atoms with Crippen LogP contribution >= 0.6 is 7.52 Å². The van der Waals surface area contributed by atoms with Crippen LogP contribution in [0.5, 0.6) is 5.75 Å². The van der Waals surface area contributed by atoms with Crippen molar-refractivity contribution in [2.75, 3.05) is 32.9 Å². The predicted octanol–water partition coefficient (Wildman–Crippen LogP) is 3.16. The summed E-state index contributed by atoms with van der Waals surface area (Å²) >= 11 is 0. The lowest BCUT2D eigenvalue weighted by Gasteiger charge is -2.29. The van der Waals surface area contributed by atoms with Crippen molar-refractivity contribution in [2.24, 2.45) is 0 Å². The van der Waals surface area contributed by atoms with E-state index >= 15 is 0 Å². The van der Waals surface area contributed by atoms with Crippen LogP contribution in [0.3, 0.4) is 0 Å². The van der Waals surface area contributed by atoms with Gasteiger partial charge in [0, 0.05) is 13.1 Å². The van der Waals surface area contributed by atoms with Crippen molar-refractivity contribution in [3.8, 4) is 5.75 Å². The molecule has 1 aromatic rings. The van der Waals surface area contributed by atoms with Crippen LogP contribution in [0.2, 0.25) is 0 Å². The molecule has 1 atom stereocenters. The second-order valence-electron chi connectivity index (χ2n) is 4.97. The fourth-order valence-corrected chi connectivity index (χ4v) is 4.25. The number of carbonyl (C=O) groups is 1. The minimum Gasteiger partial charge on any atom is -0.494 e. The minimum absolute atomic E-state index is 0.235. The normalized spacial score (nSPS) is 13.1. The molecule has 0 aliphatic heterocycles. The summed E-state index contributed by atoms with van der Waals surface area (Å²) in [6, 6.07) is 6.80. The highest BCUT2D eigenvalue weighted by molar-refractivity contribution is 7.64. The van der Waals surface area contributed by atoms with E-state index in [1.54, 1.807) is 48.0 Å². The molecule has 0 bridgehead atoms. The van der Waals surface area contributed by atoms with Crippen LogP contribution in [0.1, 0.15) is 13.8 Å². The fourth-order valence-electron chi connectivity index (χ4n) is 2.15. The molecule has 0 aliphatic carbocycles. The van der Waals surface area contributed by atoms with E-state index in [9.17, 15) is 9.36 Å². The number of ether oxygens (including phenoxy) is 2. The van der Waals surface area contributed by atoms with Crippen LogP contribution < -0.4 is 10.0 Å². The Balaban J connectivity index is 3.15. The average Bonchev–Trinajstić information content (AvgIpc) is 2.61. The van der Waals surface area contributed by atoms with E-state index in [1.807, 2.05) is 6.92 Å². The Kier molecular flexibility index (Phi) is 9.21. The zero-order valence-electron chi connectivity index (χ0n) is 14.8. The van der Waals surface area contributed by atoms with Crippen LogP contribution in [0.4, 0.5) is 0 Å². The van der Waals surface area contributed by atoms with E-state index < -0.39 is 20.1 Å². The summed E-state index contributed by atoms with van der Waals surface area (Å²) in [6.07, 6.45) is 3.25. The predicted molar refractivity (Wildman–Crippen MR) is 99.4 cm³/mol. The Morgan fingerprint density at radius 1 is 1.12 bits per heavy atom. The van der Waals surface area contributed by atoms with Gasteiger partial charge in [0.1, 0.15) is 5.75 Å². The molecule has 0 radical (unpaired) electrons. The Morgan fingerprint density at radius 3 is 2.20 bits per heavy atom. The molecule has 0 aliphatic rings. The van der Waals surface area contributed by atoms with Gasteiger partial charge in [-0.25, -0.2) is 9.46 Å². The number of carbonyl (C=O) groups excluding carboxylic acids is 1. The summed E-state index contributed by atoms with van der Waals surface area (Å²) < 4.78 is 31.1. The maximum absolute atomic E-state index is 13.6. The number of rotatable bonds is 12. The van der Waals surface area contributed by atoms with E-state index in [0.717, 1.165) is 0 Å². The van der Waals surface area contributed by atoms with E-state index in [4.69, 9.17) is 14.0 Å². The summed E-state index contributed by atoms with van der Waals surface area (Å²) in [5, 5.41) is 0.462. The lowest BCUT2D eigenvalue weighted by Crippen LogP contribution is -2.29. The monoisotopic (exact) mass is 367 g/mol. The van der Waals surface area contributed by atoms with E-state index in [1.165, 1.54) is 0 Å². The number of esters is 1. The average molecular weight is 367 g/mol. The molecule has 138 valence electrons. The first kappa shape index (κ1) is 21.2. The first-order valence-electron chi connectivity index (χ1n) is 8.12. The molecule has 7 heteroatoms. The molecule has 0 N–H and O–H groups in total. The zero-order valence-corrected chi connectivity index (χ0v) is 15.7. The molecular weight excluding hydrogens is 341 g/mol. The van der Waals surface area contributed by atoms with E-state index in [2.05, 4.69) is 13.2 Å². The van der Waals surface area contributed by atoms with Gasteiger partial charge in [0.05, 0.1) is 18.5 Å². The number of benzene rings is 1. The number of hydrogen-bond acceptors (Lipinski definition) is 5. The molecule has 1 rings (SSSR count). The molecular formula is C18H26NO5P. The van der Waals surface area contributed by atoms with E-state index in [-0.39, 0.29) is 6.61 Å². The Morgan fingerprint density at radius 2 is 1.72 bits per heavy atom. The number of hydrogen-bond donors (Lipinski definition) is 0. The summed E-state index contributed by atoms with van der Waals surface area (Å²) in [7, 11) is -3.50. The molecule has 1 aromatic carbocycles. The lowest BCUT2D eigenvalue weighted by molar-refractivity contribution is -0.145. The topological polar surface area (TPSA) is 65.1 Å². The fraction of sp³-hybridized carbons (Fsp3) is 0.389. The molecule has 6 nitrogen and oxygen atoms in total. The highest BCUT2D eigenvalue weighted by Gasteiger charge is 2.34. The molecule has 0 spiro atoms. The molecule has 0 fully saturated rings. The minimum atomic E-state index is -3.50. The van der Waals surface area contributed by atoms with E-state index in [0.29, 0.717) is 30.8 Å². The third-order valence-corrected chi connectivity index (χ3v) is 5.69. The Labute approximate surface area is 149 Å². The van der Waals surface area contributed by atoms with Gasteiger partial charge in [-0.15, -0.1) is 13.2 Å². The summed E-state index contributed by atoms with van der Waals surface area (Å²) in [5.74, 6) is 0.105. The molecule has 0 saturated carbocycles. The summed E-state index contributed by atoms with van der Waals surface area (Å²) in [4.78, 5) is 11.7. The third kappa shape index (κ3) is 6.16. The molecule has 1 unspecified atom stereocenters. The summed E-state index contributed by atoms with van der Waals surface area (Å²) in [5.41, 5.74) is 0. The number of nitrogens with zero attached hydrogens (tertiary/aromatic N) is 1. The SMILES string of the molecule is C=CCN(CC=C)P(=O)(OCC(=O)OCC)c1ccc(OCC)cc1. The van der Waals surface area contributed by atoms with Crippen LogP contribution in [0, 0.1) is 0 Å². The smallest absolute Gasteiger partial charge is 0.332 e. The maximum atomic E-state index is 13.6. The molecule has 0 saturated heterocycles. The standard InChI is InChI=1S/C18H26NO5P/c1-5-13-19(14-6-2)25(21,24-15-18(20)23-8-4)17-11-9-16(10-12-17)22-7-3/h5-6,9-12H,1-2,7-8,13-15H2,3-4H3. The van der Waals surface area contributed by atoms with Crippen molar-refractivity contribution in [3.63, 3.8) is 0 Å². The lowest BCUT2D eigenvalue weighted by atomic mass is 10.3. The van der Waals surface area contributed by atoms with Gasteiger partial charge in [0.2, 0.25) is 0 Å². The highest BCUT2D eigenvalue weighted by Crippen LogP contribution is 2.49. The second kappa shape index (κ2) is 10.9. The van der Waals surface area contributed by atoms with Gasteiger partial charge in [-0.1, -0.05) is 12.2 Å². The van der Waals surface area contributed by atoms with Crippen LogP contribution in [0.25, 0.3) is 0 Å².